The molecule has 0 fully saturated rings. The zero-order valence-electron chi connectivity index (χ0n) is 11.1. The fraction of sp³-hybridized carbons (Fsp3) is 0.200. The average molecular weight is 254 g/mol. The van der Waals surface area contributed by atoms with Crippen LogP contribution in [0.5, 0.6) is 0 Å². The van der Waals surface area contributed by atoms with Gasteiger partial charge in [-0.2, -0.15) is 0 Å². The lowest BCUT2D eigenvalue weighted by molar-refractivity contribution is 0.0599. The number of rotatable bonds is 1. The summed E-state index contributed by atoms with van der Waals surface area (Å²) < 4.78 is 6.84. The Morgan fingerprint density at radius 3 is 2.74 bits per heavy atom. The number of carbonyl (C=O) groups excluding carboxylic acids is 1. The number of hydrogen-bond acceptors (Lipinski definition) is 3. The molecule has 0 radical (unpaired) electrons. The van der Waals surface area contributed by atoms with E-state index in [1.54, 1.807) is 0 Å². The minimum absolute atomic E-state index is 0.347. The molecule has 2 heterocycles. The van der Waals surface area contributed by atoms with E-state index in [-0.39, 0.29) is 5.97 Å². The number of pyridine rings is 1. The molecule has 0 aliphatic rings. The van der Waals surface area contributed by atoms with Gasteiger partial charge in [-0.25, -0.2) is 9.78 Å². The van der Waals surface area contributed by atoms with Crippen molar-refractivity contribution in [3.8, 4) is 0 Å². The van der Waals surface area contributed by atoms with Crippen LogP contribution in [0.3, 0.4) is 0 Å². The number of aryl methyl sites for hydroxylation is 2. The molecule has 1 aromatic carbocycles. The van der Waals surface area contributed by atoms with Crippen LogP contribution in [0.15, 0.2) is 30.3 Å². The Morgan fingerprint density at radius 2 is 2.00 bits per heavy atom. The molecule has 96 valence electrons. The van der Waals surface area contributed by atoms with Gasteiger partial charge in [0.15, 0.2) is 0 Å². The summed E-state index contributed by atoms with van der Waals surface area (Å²) in [6, 6.07) is 9.93. The third-order valence-corrected chi connectivity index (χ3v) is 3.47. The Hall–Kier alpha value is -2.36. The van der Waals surface area contributed by atoms with Crippen LogP contribution in [0.25, 0.3) is 21.9 Å². The van der Waals surface area contributed by atoms with Crippen molar-refractivity contribution in [3.63, 3.8) is 0 Å². The maximum absolute atomic E-state index is 11.8. The lowest BCUT2D eigenvalue weighted by atomic mass is 10.1. The highest BCUT2D eigenvalue weighted by molar-refractivity contribution is 6.08. The van der Waals surface area contributed by atoms with Crippen molar-refractivity contribution in [1.29, 1.82) is 0 Å². The highest BCUT2D eigenvalue weighted by Gasteiger charge is 2.16. The highest BCUT2D eigenvalue weighted by atomic mass is 16.5. The van der Waals surface area contributed by atoms with E-state index in [9.17, 15) is 4.79 Å². The quantitative estimate of drug-likeness (QED) is 0.627. The first-order valence-corrected chi connectivity index (χ1v) is 6.06. The van der Waals surface area contributed by atoms with Gasteiger partial charge in [-0.15, -0.1) is 0 Å². The lowest BCUT2D eigenvalue weighted by Crippen LogP contribution is -2.05. The number of para-hydroxylation sites is 1. The predicted octanol–water partition coefficient (Wildman–Crippen LogP) is 2.82. The monoisotopic (exact) mass is 254 g/mol. The molecule has 0 saturated heterocycles. The number of hydrogen-bond donors (Lipinski definition) is 0. The molecule has 3 aromatic rings. The number of esters is 1. The molecule has 0 aliphatic heterocycles. The van der Waals surface area contributed by atoms with E-state index in [2.05, 4.69) is 4.98 Å². The van der Waals surface area contributed by atoms with Crippen LogP contribution in [-0.2, 0) is 11.8 Å². The fourth-order valence-corrected chi connectivity index (χ4v) is 2.47. The van der Waals surface area contributed by atoms with E-state index < -0.39 is 0 Å². The van der Waals surface area contributed by atoms with Crippen molar-refractivity contribution in [3.05, 3.63) is 41.6 Å². The number of methoxy groups -OCH3 is 1. The molecule has 0 N–H and O–H groups in total. The largest absolute Gasteiger partial charge is 0.465 e. The van der Waals surface area contributed by atoms with Crippen molar-refractivity contribution in [1.82, 2.24) is 9.55 Å². The second-order valence-corrected chi connectivity index (χ2v) is 4.56. The number of aromatic nitrogens is 2. The molecule has 3 rings (SSSR count). The molecule has 0 unspecified atom stereocenters. The van der Waals surface area contributed by atoms with Gasteiger partial charge in [0.05, 0.1) is 23.9 Å². The molecule has 0 amide bonds. The van der Waals surface area contributed by atoms with E-state index in [4.69, 9.17) is 4.74 Å². The van der Waals surface area contributed by atoms with Crippen LogP contribution >= 0.6 is 0 Å². The fourth-order valence-electron chi connectivity index (χ4n) is 2.47. The Labute approximate surface area is 110 Å². The summed E-state index contributed by atoms with van der Waals surface area (Å²) in [5.41, 5.74) is 3.19. The Kier molecular flexibility index (Phi) is 2.52. The van der Waals surface area contributed by atoms with Crippen LogP contribution < -0.4 is 0 Å². The third kappa shape index (κ3) is 1.60. The number of carbonyl (C=O) groups is 1. The lowest BCUT2D eigenvalue weighted by Gasteiger charge is -2.04. The van der Waals surface area contributed by atoms with E-state index in [1.165, 1.54) is 7.11 Å². The van der Waals surface area contributed by atoms with Crippen LogP contribution in [-0.4, -0.2) is 22.6 Å². The predicted molar refractivity (Wildman–Crippen MR) is 74.3 cm³/mol. The summed E-state index contributed by atoms with van der Waals surface area (Å²) in [5.74, 6) is -0.347. The minimum Gasteiger partial charge on any atom is -0.465 e. The van der Waals surface area contributed by atoms with Crippen molar-refractivity contribution >= 4 is 27.9 Å². The molecule has 19 heavy (non-hydrogen) atoms. The molecule has 0 aliphatic carbocycles. The molecular formula is C15H14N2O2. The van der Waals surface area contributed by atoms with Crippen molar-refractivity contribution in [2.45, 2.75) is 6.92 Å². The summed E-state index contributed by atoms with van der Waals surface area (Å²) >= 11 is 0. The summed E-state index contributed by atoms with van der Waals surface area (Å²) in [5, 5.41) is 2.07. The van der Waals surface area contributed by atoms with Gasteiger partial charge in [0.1, 0.15) is 5.65 Å². The van der Waals surface area contributed by atoms with Gasteiger partial charge >= 0.3 is 5.97 Å². The van der Waals surface area contributed by atoms with E-state index in [1.807, 2.05) is 48.9 Å². The third-order valence-electron chi connectivity index (χ3n) is 3.47. The van der Waals surface area contributed by atoms with E-state index in [0.717, 1.165) is 21.9 Å². The number of nitrogens with zero attached hydrogens (tertiary/aromatic N) is 2. The smallest absolute Gasteiger partial charge is 0.339 e. The van der Waals surface area contributed by atoms with Crippen molar-refractivity contribution < 1.29 is 9.53 Å². The van der Waals surface area contributed by atoms with Crippen LogP contribution in [0.1, 0.15) is 16.1 Å². The highest BCUT2D eigenvalue weighted by Crippen LogP contribution is 2.28. The van der Waals surface area contributed by atoms with Gasteiger partial charge in [0.25, 0.3) is 0 Å². The normalized spacial score (nSPS) is 11.1. The van der Waals surface area contributed by atoms with Gasteiger partial charge in [-0.05, 0) is 19.1 Å². The van der Waals surface area contributed by atoms with Crippen LogP contribution in [0.2, 0.25) is 0 Å². The minimum atomic E-state index is -0.347. The first-order chi connectivity index (χ1) is 9.13. The maximum atomic E-state index is 11.8. The van der Waals surface area contributed by atoms with Crippen molar-refractivity contribution in [2.24, 2.45) is 7.05 Å². The first-order valence-electron chi connectivity index (χ1n) is 6.06. The van der Waals surface area contributed by atoms with Gasteiger partial charge in [0.2, 0.25) is 0 Å². The van der Waals surface area contributed by atoms with Crippen molar-refractivity contribution in [2.75, 3.05) is 7.11 Å². The SMILES string of the molecule is COC(=O)c1cc2c3ccccc3n(C)c2nc1C. The Morgan fingerprint density at radius 1 is 1.26 bits per heavy atom. The van der Waals surface area contributed by atoms with Gasteiger partial charge in [0, 0.05) is 17.8 Å². The number of ether oxygens (including phenoxy) is 1. The second-order valence-electron chi connectivity index (χ2n) is 4.56. The topological polar surface area (TPSA) is 44.1 Å². The summed E-state index contributed by atoms with van der Waals surface area (Å²) in [6.07, 6.45) is 0. The maximum Gasteiger partial charge on any atom is 0.339 e. The zero-order valence-corrected chi connectivity index (χ0v) is 11.1. The Bertz CT molecular complexity index is 803. The molecule has 0 spiro atoms. The summed E-state index contributed by atoms with van der Waals surface area (Å²) in [7, 11) is 3.37. The van der Waals surface area contributed by atoms with Gasteiger partial charge in [-0.1, -0.05) is 18.2 Å². The van der Waals surface area contributed by atoms with E-state index in [0.29, 0.717) is 11.3 Å². The molecule has 4 heteroatoms. The van der Waals surface area contributed by atoms with E-state index >= 15 is 0 Å². The summed E-state index contributed by atoms with van der Waals surface area (Å²) in [6.45, 7) is 1.82. The number of fused-ring (bicyclic) bond motifs is 3. The van der Waals surface area contributed by atoms with Gasteiger partial charge in [-0.3, -0.25) is 0 Å². The second kappa shape index (κ2) is 4.09. The first kappa shape index (κ1) is 11.7. The molecule has 2 aromatic heterocycles. The standard InChI is InChI=1S/C15H14N2O2/c1-9-11(15(18)19-3)8-12-10-6-4-5-7-13(10)17(2)14(12)16-9/h4-8H,1-3H3. The molecule has 4 nitrogen and oxygen atoms in total. The number of benzene rings is 1. The molecule has 0 saturated carbocycles. The van der Waals surface area contributed by atoms with Crippen LogP contribution in [0, 0.1) is 6.92 Å². The molecular weight excluding hydrogens is 240 g/mol. The molecule has 0 atom stereocenters. The zero-order chi connectivity index (χ0) is 13.6. The average Bonchev–Trinajstić information content (AvgIpc) is 2.71. The van der Waals surface area contributed by atoms with Gasteiger partial charge < -0.3 is 9.30 Å². The Balaban J connectivity index is 2.45. The van der Waals surface area contributed by atoms with Crippen LogP contribution in [0.4, 0.5) is 0 Å². The summed E-state index contributed by atoms with van der Waals surface area (Å²) in [4.78, 5) is 16.3. The molecule has 0 bridgehead atoms.